The zero-order valence-electron chi connectivity index (χ0n) is 16.5. The number of alkyl halides is 3. The van der Waals surface area contributed by atoms with Crippen LogP contribution in [-0.4, -0.2) is 42.1 Å². The minimum Gasteiger partial charge on any atom is -0.370 e. The van der Waals surface area contributed by atoms with Crippen molar-refractivity contribution in [1.29, 1.82) is 0 Å². The third-order valence-corrected chi connectivity index (χ3v) is 6.12. The Labute approximate surface area is 200 Å². The van der Waals surface area contributed by atoms with Crippen molar-refractivity contribution in [1.82, 2.24) is 15.6 Å². The van der Waals surface area contributed by atoms with Crippen LogP contribution in [0.3, 0.4) is 0 Å². The summed E-state index contributed by atoms with van der Waals surface area (Å²) >= 11 is 2.97. The smallest absolute Gasteiger partial charge is 0.370 e. The third-order valence-electron chi connectivity index (χ3n) is 4.33. The van der Waals surface area contributed by atoms with Crippen LogP contribution in [0.5, 0.6) is 0 Å². The molecule has 1 aliphatic heterocycles. The Hall–Kier alpha value is -1.21. The van der Waals surface area contributed by atoms with Gasteiger partial charge in [0, 0.05) is 42.2 Å². The highest BCUT2D eigenvalue weighted by Gasteiger charge is 2.33. The van der Waals surface area contributed by atoms with Crippen molar-refractivity contribution in [3.05, 3.63) is 45.9 Å². The molecule has 2 N–H and O–H groups in total. The van der Waals surface area contributed by atoms with E-state index in [-0.39, 0.29) is 30.5 Å². The highest BCUT2D eigenvalue weighted by atomic mass is 127. The molecule has 0 saturated carbocycles. The molecule has 11 heteroatoms. The molecule has 0 radical (unpaired) electrons. The Kier molecular flexibility index (Phi) is 10.0. The molecule has 1 aliphatic rings. The average Bonchev–Trinajstić information content (AvgIpc) is 3.21. The average molecular weight is 571 g/mol. The van der Waals surface area contributed by atoms with Gasteiger partial charge in [-0.3, -0.25) is 0 Å². The van der Waals surface area contributed by atoms with Gasteiger partial charge in [0.2, 0.25) is 0 Å². The minimum absolute atomic E-state index is 0. The third kappa shape index (κ3) is 7.49. The van der Waals surface area contributed by atoms with E-state index in [0.717, 1.165) is 46.9 Å². The van der Waals surface area contributed by atoms with E-state index < -0.39 is 11.9 Å². The van der Waals surface area contributed by atoms with Gasteiger partial charge in [0.15, 0.2) is 11.7 Å². The van der Waals surface area contributed by atoms with Gasteiger partial charge < -0.3 is 15.5 Å². The first-order valence-corrected chi connectivity index (χ1v) is 11.4. The number of rotatable bonds is 6. The molecule has 0 unspecified atom stereocenters. The Bertz CT molecular complexity index is 805. The first-order valence-electron chi connectivity index (χ1n) is 9.41. The highest BCUT2D eigenvalue weighted by Crippen LogP contribution is 2.29. The zero-order chi connectivity index (χ0) is 20.7. The van der Waals surface area contributed by atoms with Gasteiger partial charge in [-0.25, -0.2) is 9.98 Å². The van der Waals surface area contributed by atoms with Crippen LogP contribution in [0, 0.1) is 0 Å². The number of hydrogen-bond acceptors (Lipinski definition) is 5. The first-order chi connectivity index (χ1) is 14.0. The molecule has 2 aromatic rings. The lowest BCUT2D eigenvalue weighted by Crippen LogP contribution is -2.36. The highest BCUT2D eigenvalue weighted by molar-refractivity contribution is 14.0. The number of hydrogen-bond donors (Lipinski definition) is 2. The second-order valence-electron chi connectivity index (χ2n) is 6.44. The van der Waals surface area contributed by atoms with Gasteiger partial charge in [0.1, 0.15) is 5.01 Å². The molecule has 1 fully saturated rings. The number of anilines is 1. The van der Waals surface area contributed by atoms with Crippen LogP contribution in [0.4, 0.5) is 18.9 Å². The Morgan fingerprint density at radius 1 is 1.17 bits per heavy atom. The van der Waals surface area contributed by atoms with E-state index in [9.17, 15) is 13.2 Å². The van der Waals surface area contributed by atoms with Crippen molar-refractivity contribution in [2.75, 3.05) is 36.0 Å². The second-order valence-corrected chi connectivity index (χ2v) is 8.61. The molecule has 1 aromatic carbocycles. The first kappa shape index (κ1) is 25.1. The molecule has 0 spiro atoms. The molecule has 1 saturated heterocycles. The van der Waals surface area contributed by atoms with E-state index in [1.807, 2.05) is 18.7 Å². The van der Waals surface area contributed by atoms with Crippen LogP contribution in [0.15, 0.2) is 34.6 Å². The molecule has 0 amide bonds. The molecule has 3 rings (SSSR count). The summed E-state index contributed by atoms with van der Waals surface area (Å²) in [7, 11) is 0. The number of benzene rings is 1. The molecular formula is C19H25F3IN5S2. The largest absolute Gasteiger partial charge is 0.434 e. The van der Waals surface area contributed by atoms with Crippen LogP contribution in [0.2, 0.25) is 0 Å². The standard InChI is InChI=1S/C19H24F3N5S2.HI/c1-2-23-18(25-12-17-26-16(13-29-17)19(20,21)22)24-11-14-3-5-15(6-4-14)27-7-9-28-10-8-27;/h3-6,13H,2,7-12H2,1H3,(H2,23,24,25);1H. The summed E-state index contributed by atoms with van der Waals surface area (Å²) in [6, 6.07) is 8.38. The summed E-state index contributed by atoms with van der Waals surface area (Å²) in [5.74, 6) is 2.87. The summed E-state index contributed by atoms with van der Waals surface area (Å²) in [5.41, 5.74) is 1.45. The number of thiazole rings is 1. The fourth-order valence-electron chi connectivity index (χ4n) is 2.83. The number of aromatic nitrogens is 1. The lowest BCUT2D eigenvalue weighted by Gasteiger charge is -2.28. The molecular weight excluding hydrogens is 546 g/mol. The molecule has 30 heavy (non-hydrogen) atoms. The van der Waals surface area contributed by atoms with E-state index in [1.165, 1.54) is 5.69 Å². The molecule has 0 atom stereocenters. The van der Waals surface area contributed by atoms with Crippen LogP contribution in [0.25, 0.3) is 0 Å². The van der Waals surface area contributed by atoms with Gasteiger partial charge in [-0.1, -0.05) is 12.1 Å². The van der Waals surface area contributed by atoms with Crippen molar-refractivity contribution in [3.63, 3.8) is 0 Å². The fraction of sp³-hybridized carbons (Fsp3) is 0.474. The number of aliphatic imine (C=N–C) groups is 1. The van der Waals surface area contributed by atoms with Gasteiger partial charge in [-0.2, -0.15) is 24.9 Å². The number of halogens is 4. The summed E-state index contributed by atoms with van der Waals surface area (Å²) in [6.07, 6.45) is -4.41. The van der Waals surface area contributed by atoms with Crippen LogP contribution in [-0.2, 0) is 19.3 Å². The summed E-state index contributed by atoms with van der Waals surface area (Å²) in [6.45, 7) is 5.42. The van der Waals surface area contributed by atoms with Gasteiger partial charge >= 0.3 is 6.18 Å². The molecule has 0 aliphatic carbocycles. The van der Waals surface area contributed by atoms with Crippen molar-refractivity contribution < 1.29 is 13.2 Å². The number of nitrogens with zero attached hydrogens (tertiary/aromatic N) is 3. The van der Waals surface area contributed by atoms with E-state index in [4.69, 9.17) is 0 Å². The van der Waals surface area contributed by atoms with Crippen molar-refractivity contribution in [2.24, 2.45) is 4.99 Å². The molecule has 166 valence electrons. The van der Waals surface area contributed by atoms with Gasteiger partial charge in [-0.15, -0.1) is 35.3 Å². The maximum atomic E-state index is 12.7. The molecule has 0 bridgehead atoms. The van der Waals surface area contributed by atoms with Gasteiger partial charge in [-0.05, 0) is 24.6 Å². The number of thioether (sulfide) groups is 1. The van der Waals surface area contributed by atoms with Crippen molar-refractivity contribution in [3.8, 4) is 0 Å². The van der Waals surface area contributed by atoms with Crippen molar-refractivity contribution >= 4 is 58.7 Å². The fourth-order valence-corrected chi connectivity index (χ4v) is 4.47. The normalized spacial score (nSPS) is 14.9. The molecule has 1 aromatic heterocycles. The monoisotopic (exact) mass is 571 g/mol. The summed E-state index contributed by atoms with van der Waals surface area (Å²) < 4.78 is 38.0. The van der Waals surface area contributed by atoms with Gasteiger partial charge in [0.05, 0.1) is 13.1 Å². The zero-order valence-corrected chi connectivity index (χ0v) is 20.5. The maximum absolute atomic E-state index is 12.7. The van der Waals surface area contributed by atoms with Gasteiger partial charge in [0.25, 0.3) is 0 Å². The minimum atomic E-state index is -4.41. The maximum Gasteiger partial charge on any atom is 0.434 e. The van der Waals surface area contributed by atoms with Crippen molar-refractivity contribution in [2.45, 2.75) is 26.2 Å². The molecule has 5 nitrogen and oxygen atoms in total. The Morgan fingerprint density at radius 3 is 2.47 bits per heavy atom. The summed E-state index contributed by atoms with van der Waals surface area (Å²) in [4.78, 5) is 10.5. The Morgan fingerprint density at radius 2 is 1.87 bits per heavy atom. The van der Waals surface area contributed by atoms with E-state index in [2.05, 4.69) is 49.8 Å². The number of guanidine groups is 1. The van der Waals surface area contributed by atoms with E-state index in [0.29, 0.717) is 24.1 Å². The lowest BCUT2D eigenvalue weighted by atomic mass is 10.2. The Balaban J connectivity index is 0.00000320. The summed E-state index contributed by atoms with van der Waals surface area (Å²) in [5, 5.41) is 7.55. The number of nitrogens with one attached hydrogen (secondary N) is 2. The van der Waals surface area contributed by atoms with Crippen LogP contribution in [0.1, 0.15) is 23.2 Å². The topological polar surface area (TPSA) is 52.6 Å². The van der Waals surface area contributed by atoms with E-state index in [1.54, 1.807) is 0 Å². The SMILES string of the molecule is CCNC(=NCc1ccc(N2CCSCC2)cc1)NCc1nc(C(F)(F)F)cs1.I. The second kappa shape index (κ2) is 12.0. The lowest BCUT2D eigenvalue weighted by molar-refractivity contribution is -0.140. The van der Waals surface area contributed by atoms with Crippen LogP contribution < -0.4 is 15.5 Å². The van der Waals surface area contributed by atoms with Crippen LogP contribution >= 0.6 is 47.1 Å². The predicted molar refractivity (Wildman–Crippen MR) is 130 cm³/mol. The molecule has 2 heterocycles. The van der Waals surface area contributed by atoms with E-state index >= 15 is 0 Å². The quantitative estimate of drug-likeness (QED) is 0.302. The predicted octanol–water partition coefficient (Wildman–Crippen LogP) is 4.59.